The molecule has 114 valence electrons. The highest BCUT2D eigenvalue weighted by atomic mass is 16.5. The highest BCUT2D eigenvalue weighted by Gasteiger charge is 2.45. The van der Waals surface area contributed by atoms with Gasteiger partial charge >= 0.3 is 5.97 Å². The fourth-order valence-corrected chi connectivity index (χ4v) is 3.82. The van der Waals surface area contributed by atoms with Gasteiger partial charge in [0.2, 0.25) is 0 Å². The number of hydrogen-bond donors (Lipinski definition) is 1. The van der Waals surface area contributed by atoms with E-state index in [1.165, 1.54) is 0 Å². The van der Waals surface area contributed by atoms with Crippen LogP contribution in [0.15, 0.2) is 30.3 Å². The van der Waals surface area contributed by atoms with E-state index in [0.29, 0.717) is 18.9 Å². The van der Waals surface area contributed by atoms with E-state index >= 15 is 0 Å². The van der Waals surface area contributed by atoms with Gasteiger partial charge in [0.25, 0.3) is 0 Å². The molecule has 1 N–H and O–H groups in total. The molecule has 2 aliphatic rings. The maximum Gasteiger partial charge on any atom is 0.314 e. The Morgan fingerprint density at radius 3 is 2.48 bits per heavy atom. The first-order valence-electron chi connectivity index (χ1n) is 7.78. The number of carbonyl (C=O) groups is 1. The zero-order valence-corrected chi connectivity index (χ0v) is 12.5. The second kappa shape index (κ2) is 5.78. The largest absolute Gasteiger partial charge is 0.481 e. The number of likely N-dealkylation sites (tertiary alicyclic amines) is 1. The van der Waals surface area contributed by atoms with E-state index in [2.05, 4.69) is 11.8 Å². The van der Waals surface area contributed by atoms with Crippen LogP contribution in [0, 0.1) is 0 Å². The molecule has 2 fully saturated rings. The average Bonchev–Trinajstić information content (AvgIpc) is 2.94. The van der Waals surface area contributed by atoms with Crippen LogP contribution in [0.2, 0.25) is 0 Å². The van der Waals surface area contributed by atoms with E-state index in [1.54, 1.807) is 0 Å². The Balaban J connectivity index is 1.76. The van der Waals surface area contributed by atoms with E-state index in [1.807, 2.05) is 30.3 Å². The molecule has 0 bridgehead atoms. The second-order valence-electron chi connectivity index (χ2n) is 6.22. The van der Waals surface area contributed by atoms with Crippen LogP contribution in [0.25, 0.3) is 0 Å². The number of piperidine rings is 1. The average molecular weight is 289 g/mol. The summed E-state index contributed by atoms with van der Waals surface area (Å²) in [7, 11) is 0. The lowest BCUT2D eigenvalue weighted by molar-refractivity contribution is -0.146. The fourth-order valence-electron chi connectivity index (χ4n) is 3.82. The minimum absolute atomic E-state index is 0.263. The van der Waals surface area contributed by atoms with E-state index < -0.39 is 11.4 Å². The van der Waals surface area contributed by atoms with Crippen molar-refractivity contribution in [2.24, 2.45) is 0 Å². The maximum absolute atomic E-state index is 11.9. The SMILES string of the molecule is CC1OCCC1N1CCC(C(=O)O)(c2ccccc2)CC1. The molecule has 0 radical (unpaired) electrons. The summed E-state index contributed by atoms with van der Waals surface area (Å²) in [5.74, 6) is -0.691. The third kappa shape index (κ3) is 2.58. The van der Waals surface area contributed by atoms with Crippen LogP contribution in [0.4, 0.5) is 0 Å². The normalized spacial score (nSPS) is 29.4. The Morgan fingerprint density at radius 2 is 1.95 bits per heavy atom. The van der Waals surface area contributed by atoms with Gasteiger partial charge in [0.1, 0.15) is 0 Å². The van der Waals surface area contributed by atoms with Crippen LogP contribution in [0.3, 0.4) is 0 Å². The van der Waals surface area contributed by atoms with Crippen molar-refractivity contribution in [2.75, 3.05) is 19.7 Å². The Morgan fingerprint density at radius 1 is 1.29 bits per heavy atom. The number of nitrogens with zero attached hydrogens (tertiary/aromatic N) is 1. The smallest absolute Gasteiger partial charge is 0.314 e. The molecule has 2 aliphatic heterocycles. The quantitative estimate of drug-likeness (QED) is 0.927. The molecule has 2 heterocycles. The molecule has 4 nitrogen and oxygen atoms in total. The highest BCUT2D eigenvalue weighted by Crippen LogP contribution is 2.37. The number of hydrogen-bond acceptors (Lipinski definition) is 3. The lowest BCUT2D eigenvalue weighted by Crippen LogP contribution is -2.51. The van der Waals surface area contributed by atoms with Gasteiger partial charge in [0.15, 0.2) is 0 Å². The molecular weight excluding hydrogens is 266 g/mol. The summed E-state index contributed by atoms with van der Waals surface area (Å²) in [6, 6.07) is 10.1. The zero-order chi connectivity index (χ0) is 14.9. The first-order chi connectivity index (χ1) is 10.1. The Hall–Kier alpha value is -1.39. The molecule has 1 aromatic rings. The Kier molecular flexibility index (Phi) is 4.00. The number of benzene rings is 1. The summed E-state index contributed by atoms with van der Waals surface area (Å²) in [6.07, 6.45) is 2.68. The minimum atomic E-state index is -0.722. The number of carboxylic acids is 1. The van der Waals surface area contributed by atoms with Gasteiger partial charge < -0.3 is 9.84 Å². The zero-order valence-electron chi connectivity index (χ0n) is 12.5. The van der Waals surface area contributed by atoms with E-state index in [-0.39, 0.29) is 6.10 Å². The molecular formula is C17H23NO3. The van der Waals surface area contributed by atoms with Gasteiger partial charge in [-0.15, -0.1) is 0 Å². The van der Waals surface area contributed by atoms with Gasteiger partial charge in [-0.3, -0.25) is 9.69 Å². The van der Waals surface area contributed by atoms with Crippen LogP contribution in [-0.2, 0) is 14.9 Å². The number of aliphatic carboxylic acids is 1. The van der Waals surface area contributed by atoms with Crippen LogP contribution in [0.1, 0.15) is 31.7 Å². The lowest BCUT2D eigenvalue weighted by Gasteiger charge is -2.42. The molecule has 2 atom stereocenters. The second-order valence-corrected chi connectivity index (χ2v) is 6.22. The van der Waals surface area contributed by atoms with E-state index in [9.17, 15) is 9.90 Å². The van der Waals surface area contributed by atoms with Gasteiger partial charge in [-0.05, 0) is 44.8 Å². The molecule has 4 heteroatoms. The van der Waals surface area contributed by atoms with Gasteiger partial charge in [-0.2, -0.15) is 0 Å². The van der Waals surface area contributed by atoms with Crippen molar-refractivity contribution in [2.45, 2.75) is 43.7 Å². The summed E-state index contributed by atoms with van der Waals surface area (Å²) in [5, 5.41) is 9.80. The van der Waals surface area contributed by atoms with Crippen molar-refractivity contribution < 1.29 is 14.6 Å². The molecule has 0 saturated carbocycles. The predicted octanol–water partition coefficient (Wildman–Crippen LogP) is 2.28. The molecule has 0 aromatic heterocycles. The standard InChI is InChI=1S/C17H23NO3/c1-13-15(7-12-21-13)18-10-8-17(9-11-18,16(19)20)14-5-3-2-4-6-14/h2-6,13,15H,7-12H2,1H3,(H,19,20). The highest BCUT2D eigenvalue weighted by molar-refractivity contribution is 5.81. The van der Waals surface area contributed by atoms with Crippen LogP contribution in [0.5, 0.6) is 0 Å². The minimum Gasteiger partial charge on any atom is -0.481 e. The van der Waals surface area contributed by atoms with Crippen LogP contribution >= 0.6 is 0 Å². The Labute approximate surface area is 125 Å². The van der Waals surface area contributed by atoms with Crippen LogP contribution < -0.4 is 0 Å². The molecule has 0 amide bonds. The first-order valence-corrected chi connectivity index (χ1v) is 7.78. The van der Waals surface area contributed by atoms with Gasteiger partial charge in [0, 0.05) is 12.6 Å². The van der Waals surface area contributed by atoms with Gasteiger partial charge in [-0.25, -0.2) is 0 Å². The van der Waals surface area contributed by atoms with Crippen molar-refractivity contribution in [3.05, 3.63) is 35.9 Å². The molecule has 0 aliphatic carbocycles. The number of ether oxygens (including phenoxy) is 1. The molecule has 3 rings (SSSR count). The topological polar surface area (TPSA) is 49.8 Å². The third-order valence-corrected chi connectivity index (χ3v) is 5.19. The van der Waals surface area contributed by atoms with Crippen molar-refractivity contribution in [1.29, 1.82) is 0 Å². The van der Waals surface area contributed by atoms with E-state index in [4.69, 9.17) is 4.74 Å². The molecule has 21 heavy (non-hydrogen) atoms. The van der Waals surface area contributed by atoms with Crippen molar-refractivity contribution in [3.8, 4) is 0 Å². The van der Waals surface area contributed by atoms with Crippen molar-refractivity contribution in [1.82, 2.24) is 4.90 Å². The summed E-state index contributed by atoms with van der Waals surface area (Å²) in [6.45, 7) is 4.61. The fraction of sp³-hybridized carbons (Fsp3) is 0.588. The molecule has 2 unspecified atom stereocenters. The van der Waals surface area contributed by atoms with Crippen molar-refractivity contribution in [3.63, 3.8) is 0 Å². The molecule has 2 saturated heterocycles. The number of carboxylic acid groups (broad SMARTS) is 1. The monoisotopic (exact) mass is 289 g/mol. The third-order valence-electron chi connectivity index (χ3n) is 5.19. The number of rotatable bonds is 3. The molecule has 0 spiro atoms. The summed E-state index contributed by atoms with van der Waals surface area (Å²) < 4.78 is 5.64. The van der Waals surface area contributed by atoms with Crippen LogP contribution in [-0.4, -0.2) is 47.8 Å². The van der Waals surface area contributed by atoms with Crippen molar-refractivity contribution >= 4 is 5.97 Å². The maximum atomic E-state index is 11.9. The predicted molar refractivity (Wildman–Crippen MR) is 80.4 cm³/mol. The van der Waals surface area contributed by atoms with E-state index in [0.717, 1.165) is 31.7 Å². The first kappa shape index (κ1) is 14.5. The summed E-state index contributed by atoms with van der Waals surface area (Å²) in [5.41, 5.74) is 0.216. The van der Waals surface area contributed by atoms with Gasteiger partial charge in [0.05, 0.1) is 11.5 Å². The Bertz CT molecular complexity index is 494. The molecule has 1 aromatic carbocycles. The lowest BCUT2D eigenvalue weighted by atomic mass is 9.72. The summed E-state index contributed by atoms with van der Waals surface area (Å²) in [4.78, 5) is 14.3. The summed E-state index contributed by atoms with van der Waals surface area (Å²) >= 11 is 0. The van der Waals surface area contributed by atoms with Gasteiger partial charge in [-0.1, -0.05) is 30.3 Å².